The quantitative estimate of drug-likeness (QED) is 0.921. The van der Waals surface area contributed by atoms with Gasteiger partial charge in [0.25, 0.3) is 0 Å². The molecule has 0 saturated carbocycles. The summed E-state index contributed by atoms with van der Waals surface area (Å²) < 4.78 is 25.8. The highest BCUT2D eigenvalue weighted by molar-refractivity contribution is 7.89. The van der Waals surface area contributed by atoms with Crippen molar-refractivity contribution in [2.24, 2.45) is 0 Å². The molecule has 0 atom stereocenters. The Morgan fingerprint density at radius 2 is 1.89 bits per heavy atom. The zero-order valence-corrected chi connectivity index (χ0v) is 11.0. The molecule has 5 nitrogen and oxygen atoms in total. The maximum absolute atomic E-state index is 12.2. The third-order valence-corrected chi connectivity index (χ3v) is 5.24. The van der Waals surface area contributed by atoms with Crippen molar-refractivity contribution in [1.82, 2.24) is 4.31 Å². The summed E-state index contributed by atoms with van der Waals surface area (Å²) in [7, 11) is -3.60. The number of carboxylic acids is 1. The van der Waals surface area contributed by atoms with Gasteiger partial charge in [0.2, 0.25) is 10.0 Å². The average molecular weight is 290 g/mol. The first-order chi connectivity index (χ1) is 8.43. The molecule has 1 N–H and O–H groups in total. The molecule has 1 heterocycles. The van der Waals surface area contributed by atoms with E-state index < -0.39 is 16.0 Å². The fourth-order valence-corrected chi connectivity index (χ4v) is 3.95. The molecule has 98 valence electrons. The van der Waals surface area contributed by atoms with Gasteiger partial charge in [-0.1, -0.05) is 11.6 Å². The molecule has 0 spiro atoms. The molecule has 1 saturated heterocycles. The molecule has 1 aromatic rings. The van der Waals surface area contributed by atoms with E-state index in [1.807, 2.05) is 0 Å². The van der Waals surface area contributed by atoms with Crippen molar-refractivity contribution < 1.29 is 18.3 Å². The first kappa shape index (κ1) is 13.3. The fraction of sp³-hybridized carbons (Fsp3) is 0.364. The van der Waals surface area contributed by atoms with Crippen molar-refractivity contribution in [2.75, 3.05) is 13.1 Å². The molecule has 0 amide bonds. The standard InChI is InChI=1S/C11H12ClNO4S/c12-9-7-8(11(14)15)3-4-10(9)18(16,17)13-5-1-2-6-13/h3-4,7H,1-2,5-6H2,(H,14,15). The fourth-order valence-electron chi connectivity index (χ4n) is 1.91. The molecule has 1 aliphatic heterocycles. The average Bonchev–Trinajstić information content (AvgIpc) is 2.82. The van der Waals surface area contributed by atoms with Gasteiger partial charge in [-0.3, -0.25) is 0 Å². The van der Waals surface area contributed by atoms with Crippen LogP contribution in [0.1, 0.15) is 23.2 Å². The minimum Gasteiger partial charge on any atom is -0.478 e. The smallest absolute Gasteiger partial charge is 0.335 e. The topological polar surface area (TPSA) is 74.7 Å². The summed E-state index contributed by atoms with van der Waals surface area (Å²) in [5.41, 5.74) is -0.0274. The Bertz CT molecular complexity index is 579. The van der Waals surface area contributed by atoms with E-state index in [1.54, 1.807) is 0 Å². The molecular weight excluding hydrogens is 278 g/mol. The van der Waals surface area contributed by atoms with E-state index in [0.29, 0.717) is 13.1 Å². The van der Waals surface area contributed by atoms with Gasteiger partial charge in [-0.2, -0.15) is 4.31 Å². The summed E-state index contributed by atoms with van der Waals surface area (Å²) in [6, 6.07) is 3.66. The minimum absolute atomic E-state index is 0.0274. The van der Waals surface area contributed by atoms with Gasteiger partial charge in [0, 0.05) is 13.1 Å². The predicted molar refractivity (Wildman–Crippen MR) is 66.4 cm³/mol. The first-order valence-corrected chi connectivity index (χ1v) is 7.28. The molecular formula is C11H12ClNO4S. The Hall–Kier alpha value is -1.11. The van der Waals surface area contributed by atoms with Gasteiger partial charge in [0.15, 0.2) is 0 Å². The van der Waals surface area contributed by atoms with Gasteiger partial charge in [0.1, 0.15) is 4.90 Å². The Morgan fingerprint density at radius 1 is 1.28 bits per heavy atom. The van der Waals surface area contributed by atoms with Crippen LogP contribution in [0.25, 0.3) is 0 Å². The Morgan fingerprint density at radius 3 is 2.39 bits per heavy atom. The second-order valence-corrected chi connectivity index (χ2v) is 6.38. The Labute approximate surface area is 110 Å². The lowest BCUT2D eigenvalue weighted by Gasteiger charge is -2.16. The number of carbonyl (C=O) groups is 1. The van der Waals surface area contributed by atoms with Crippen LogP contribution in [0.3, 0.4) is 0 Å². The summed E-state index contributed by atoms with van der Waals surface area (Å²) in [4.78, 5) is 10.7. The lowest BCUT2D eigenvalue weighted by atomic mass is 10.2. The Balaban J connectivity index is 2.42. The molecule has 1 fully saturated rings. The van der Waals surface area contributed by atoms with Crippen molar-refractivity contribution in [3.05, 3.63) is 28.8 Å². The number of hydrogen-bond donors (Lipinski definition) is 1. The highest BCUT2D eigenvalue weighted by Gasteiger charge is 2.29. The number of halogens is 1. The van der Waals surface area contributed by atoms with Crippen LogP contribution < -0.4 is 0 Å². The number of carboxylic acid groups (broad SMARTS) is 1. The van der Waals surface area contributed by atoms with Crippen LogP contribution >= 0.6 is 11.6 Å². The summed E-state index contributed by atoms with van der Waals surface area (Å²) >= 11 is 5.87. The SMILES string of the molecule is O=C(O)c1ccc(S(=O)(=O)N2CCCC2)c(Cl)c1. The van der Waals surface area contributed by atoms with E-state index in [2.05, 4.69) is 0 Å². The highest BCUT2D eigenvalue weighted by atomic mass is 35.5. The van der Waals surface area contributed by atoms with Crippen LogP contribution in [0.5, 0.6) is 0 Å². The van der Waals surface area contributed by atoms with E-state index in [1.165, 1.54) is 16.4 Å². The Kier molecular flexibility index (Phi) is 3.61. The van der Waals surface area contributed by atoms with Crippen molar-refractivity contribution in [1.29, 1.82) is 0 Å². The van der Waals surface area contributed by atoms with Crippen LogP contribution in [-0.2, 0) is 10.0 Å². The highest BCUT2D eigenvalue weighted by Crippen LogP contribution is 2.27. The van der Waals surface area contributed by atoms with Crippen molar-refractivity contribution >= 4 is 27.6 Å². The first-order valence-electron chi connectivity index (χ1n) is 5.46. The molecule has 2 rings (SSSR count). The monoisotopic (exact) mass is 289 g/mol. The number of aromatic carboxylic acids is 1. The normalized spacial score (nSPS) is 16.9. The molecule has 0 bridgehead atoms. The van der Waals surface area contributed by atoms with Gasteiger partial charge in [-0.15, -0.1) is 0 Å². The second kappa shape index (κ2) is 4.87. The predicted octanol–water partition coefficient (Wildman–Crippen LogP) is 1.82. The number of benzene rings is 1. The van der Waals surface area contributed by atoms with E-state index in [-0.39, 0.29) is 15.5 Å². The summed E-state index contributed by atoms with van der Waals surface area (Å²) in [5.74, 6) is -1.14. The second-order valence-electron chi connectivity index (χ2n) is 4.06. The lowest BCUT2D eigenvalue weighted by molar-refractivity contribution is 0.0696. The molecule has 0 aromatic heterocycles. The van der Waals surface area contributed by atoms with Crippen LogP contribution in [0, 0.1) is 0 Å². The summed E-state index contributed by atoms with van der Waals surface area (Å²) in [5, 5.41) is 8.74. The lowest BCUT2D eigenvalue weighted by Crippen LogP contribution is -2.28. The molecule has 18 heavy (non-hydrogen) atoms. The van der Waals surface area contributed by atoms with Gasteiger partial charge in [0.05, 0.1) is 10.6 Å². The van der Waals surface area contributed by atoms with E-state index in [4.69, 9.17) is 16.7 Å². The van der Waals surface area contributed by atoms with Crippen LogP contribution in [0.4, 0.5) is 0 Å². The number of rotatable bonds is 3. The van der Waals surface area contributed by atoms with Crippen LogP contribution in [0.2, 0.25) is 5.02 Å². The summed E-state index contributed by atoms with van der Waals surface area (Å²) in [6.45, 7) is 0.971. The molecule has 1 aliphatic rings. The van der Waals surface area contributed by atoms with Gasteiger partial charge in [-0.25, -0.2) is 13.2 Å². The summed E-state index contributed by atoms with van der Waals surface area (Å²) in [6.07, 6.45) is 1.67. The van der Waals surface area contributed by atoms with E-state index >= 15 is 0 Å². The van der Waals surface area contributed by atoms with Crippen molar-refractivity contribution in [2.45, 2.75) is 17.7 Å². The number of nitrogens with zero attached hydrogens (tertiary/aromatic N) is 1. The zero-order valence-electron chi connectivity index (χ0n) is 9.47. The molecule has 0 radical (unpaired) electrons. The van der Waals surface area contributed by atoms with Gasteiger partial charge < -0.3 is 5.11 Å². The number of hydrogen-bond acceptors (Lipinski definition) is 3. The zero-order chi connectivity index (χ0) is 13.3. The van der Waals surface area contributed by atoms with Gasteiger partial charge in [-0.05, 0) is 31.0 Å². The van der Waals surface area contributed by atoms with E-state index in [9.17, 15) is 13.2 Å². The molecule has 0 unspecified atom stereocenters. The van der Waals surface area contributed by atoms with Gasteiger partial charge >= 0.3 is 5.97 Å². The third kappa shape index (κ3) is 2.36. The maximum Gasteiger partial charge on any atom is 0.335 e. The van der Waals surface area contributed by atoms with E-state index in [0.717, 1.165) is 18.9 Å². The number of sulfonamides is 1. The van der Waals surface area contributed by atoms with Crippen LogP contribution in [0.15, 0.2) is 23.1 Å². The van der Waals surface area contributed by atoms with Crippen molar-refractivity contribution in [3.8, 4) is 0 Å². The largest absolute Gasteiger partial charge is 0.478 e. The minimum atomic E-state index is -3.60. The molecule has 7 heteroatoms. The maximum atomic E-state index is 12.2. The molecule has 1 aromatic carbocycles. The third-order valence-electron chi connectivity index (χ3n) is 2.86. The van der Waals surface area contributed by atoms with Crippen molar-refractivity contribution in [3.63, 3.8) is 0 Å². The molecule has 0 aliphatic carbocycles. The van der Waals surface area contributed by atoms with Crippen LogP contribution in [-0.4, -0.2) is 36.9 Å².